The third-order valence-corrected chi connectivity index (χ3v) is 4.47. The van der Waals surface area contributed by atoms with Gasteiger partial charge in [-0.25, -0.2) is 0 Å². The van der Waals surface area contributed by atoms with Crippen molar-refractivity contribution in [1.82, 2.24) is 10.2 Å². The molecule has 0 spiro atoms. The van der Waals surface area contributed by atoms with E-state index in [0.717, 1.165) is 17.7 Å². The quantitative estimate of drug-likeness (QED) is 0.798. The van der Waals surface area contributed by atoms with Gasteiger partial charge in [0.25, 0.3) is 0 Å². The zero-order valence-corrected chi connectivity index (χ0v) is 14.4. The van der Waals surface area contributed by atoms with Crippen LogP contribution in [0.15, 0.2) is 24.8 Å². The van der Waals surface area contributed by atoms with Crippen LogP contribution in [0.5, 0.6) is 0 Å². The summed E-state index contributed by atoms with van der Waals surface area (Å²) in [6.07, 6.45) is 2.04. The highest BCUT2D eigenvalue weighted by Gasteiger charge is 2.25. The first kappa shape index (κ1) is 17.6. The van der Waals surface area contributed by atoms with Crippen LogP contribution in [-0.4, -0.2) is 42.4 Å². The van der Waals surface area contributed by atoms with Crippen LogP contribution in [0.4, 0.5) is 5.69 Å². The molecule has 1 aliphatic rings. The lowest BCUT2D eigenvalue weighted by Crippen LogP contribution is -2.40. The highest BCUT2D eigenvalue weighted by molar-refractivity contribution is 6.42. The van der Waals surface area contributed by atoms with Gasteiger partial charge < -0.3 is 15.5 Å². The number of aryl methyl sites for hydroxylation is 1. The van der Waals surface area contributed by atoms with E-state index in [1.807, 2.05) is 6.92 Å². The molecule has 1 heterocycles. The predicted octanol–water partition coefficient (Wildman–Crippen LogP) is 2.62. The number of halogens is 2. The Hall–Kier alpha value is -1.72. The first-order valence-electron chi connectivity index (χ1n) is 7.31. The highest BCUT2D eigenvalue weighted by Crippen LogP contribution is 2.28. The van der Waals surface area contributed by atoms with E-state index in [0.29, 0.717) is 23.1 Å². The van der Waals surface area contributed by atoms with E-state index in [4.69, 9.17) is 23.2 Å². The van der Waals surface area contributed by atoms with Crippen molar-refractivity contribution in [2.75, 3.05) is 25.0 Å². The van der Waals surface area contributed by atoms with Gasteiger partial charge in [-0.1, -0.05) is 29.8 Å². The number of carbonyl (C=O) groups excluding carboxylic acids is 2. The molecule has 0 saturated carbocycles. The summed E-state index contributed by atoms with van der Waals surface area (Å²) in [6.45, 7) is 6.63. The SMILES string of the molecule is C=CC(=O)N1CC[C@@H](NC(=O)CNc2cc(Cl)c(Cl)cc2C)C1. The highest BCUT2D eigenvalue weighted by atomic mass is 35.5. The van der Waals surface area contributed by atoms with Crippen LogP contribution in [-0.2, 0) is 9.59 Å². The minimum atomic E-state index is -0.131. The minimum absolute atomic E-state index is 0.0249. The summed E-state index contributed by atoms with van der Waals surface area (Å²) in [5.74, 6) is -0.236. The maximum atomic E-state index is 12.0. The lowest BCUT2D eigenvalue weighted by atomic mass is 10.2. The topological polar surface area (TPSA) is 61.4 Å². The molecular formula is C16H19Cl2N3O2. The Labute approximate surface area is 145 Å². The molecule has 2 N–H and O–H groups in total. The standard InChI is InChI=1S/C16H19Cl2N3O2/c1-3-16(23)21-5-4-11(9-21)20-15(22)8-19-14-7-13(18)12(17)6-10(14)2/h3,6-7,11,19H,1,4-5,8-9H2,2H3,(H,20,22)/t11-/m1/s1. The van der Waals surface area contributed by atoms with E-state index in [1.165, 1.54) is 6.08 Å². The number of nitrogens with zero attached hydrogens (tertiary/aromatic N) is 1. The van der Waals surface area contributed by atoms with Crippen LogP contribution < -0.4 is 10.6 Å². The molecule has 0 aliphatic carbocycles. The van der Waals surface area contributed by atoms with Crippen LogP contribution in [0.2, 0.25) is 10.0 Å². The fourth-order valence-electron chi connectivity index (χ4n) is 2.50. The van der Waals surface area contributed by atoms with Crippen LogP contribution in [0.25, 0.3) is 0 Å². The molecule has 2 amide bonds. The van der Waals surface area contributed by atoms with Crippen molar-refractivity contribution in [1.29, 1.82) is 0 Å². The summed E-state index contributed by atoms with van der Waals surface area (Å²) < 4.78 is 0. The van der Waals surface area contributed by atoms with Crippen LogP contribution in [0, 0.1) is 6.92 Å². The van der Waals surface area contributed by atoms with Crippen molar-refractivity contribution >= 4 is 40.7 Å². The van der Waals surface area contributed by atoms with Crippen molar-refractivity contribution < 1.29 is 9.59 Å². The Morgan fingerprint density at radius 3 is 2.78 bits per heavy atom. The number of rotatable bonds is 5. The maximum Gasteiger partial charge on any atom is 0.246 e. The molecule has 7 heteroatoms. The Morgan fingerprint density at radius 1 is 1.39 bits per heavy atom. The Morgan fingerprint density at radius 2 is 2.09 bits per heavy atom. The summed E-state index contributed by atoms with van der Waals surface area (Å²) in [5.41, 5.74) is 1.68. The van der Waals surface area contributed by atoms with E-state index < -0.39 is 0 Å². The van der Waals surface area contributed by atoms with Gasteiger partial charge in [-0.05, 0) is 37.1 Å². The molecule has 0 bridgehead atoms. The number of likely N-dealkylation sites (tertiary alicyclic amines) is 1. The second kappa shape index (κ2) is 7.70. The van der Waals surface area contributed by atoms with E-state index in [2.05, 4.69) is 17.2 Å². The molecule has 2 rings (SSSR count). The Bertz CT molecular complexity index is 634. The van der Waals surface area contributed by atoms with Gasteiger partial charge in [-0.3, -0.25) is 9.59 Å². The number of benzene rings is 1. The van der Waals surface area contributed by atoms with Crippen molar-refractivity contribution in [3.8, 4) is 0 Å². The lowest BCUT2D eigenvalue weighted by Gasteiger charge is -2.16. The monoisotopic (exact) mass is 355 g/mol. The molecule has 5 nitrogen and oxygen atoms in total. The molecule has 1 aliphatic heterocycles. The zero-order valence-electron chi connectivity index (χ0n) is 12.9. The lowest BCUT2D eigenvalue weighted by molar-refractivity contribution is -0.125. The molecule has 0 unspecified atom stereocenters. The smallest absolute Gasteiger partial charge is 0.246 e. The summed E-state index contributed by atoms with van der Waals surface area (Å²) >= 11 is 11.9. The summed E-state index contributed by atoms with van der Waals surface area (Å²) in [5, 5.41) is 6.89. The minimum Gasteiger partial charge on any atom is -0.376 e. The molecule has 1 aromatic carbocycles. The third-order valence-electron chi connectivity index (χ3n) is 3.75. The van der Waals surface area contributed by atoms with Crippen molar-refractivity contribution in [3.05, 3.63) is 40.4 Å². The first-order chi connectivity index (χ1) is 10.9. The molecular weight excluding hydrogens is 337 g/mol. The molecule has 23 heavy (non-hydrogen) atoms. The summed E-state index contributed by atoms with van der Waals surface area (Å²) in [4.78, 5) is 25.2. The van der Waals surface area contributed by atoms with Gasteiger partial charge in [0.15, 0.2) is 0 Å². The number of carbonyl (C=O) groups is 2. The van der Waals surface area contributed by atoms with Gasteiger partial charge in [-0.15, -0.1) is 0 Å². The van der Waals surface area contributed by atoms with Gasteiger partial charge in [-0.2, -0.15) is 0 Å². The number of amides is 2. The van der Waals surface area contributed by atoms with E-state index >= 15 is 0 Å². The fraction of sp³-hybridized carbons (Fsp3) is 0.375. The maximum absolute atomic E-state index is 12.0. The van der Waals surface area contributed by atoms with Crippen LogP contribution in [0.3, 0.4) is 0 Å². The molecule has 0 radical (unpaired) electrons. The molecule has 1 saturated heterocycles. The zero-order chi connectivity index (χ0) is 17.0. The molecule has 0 aromatic heterocycles. The fourth-order valence-corrected chi connectivity index (χ4v) is 2.88. The Kier molecular flexibility index (Phi) is 5.91. The molecule has 124 valence electrons. The molecule has 1 aromatic rings. The second-order valence-electron chi connectivity index (χ2n) is 5.48. The average Bonchev–Trinajstić information content (AvgIpc) is 2.97. The molecule has 1 atom stereocenters. The largest absolute Gasteiger partial charge is 0.376 e. The third kappa shape index (κ3) is 4.62. The normalized spacial score (nSPS) is 17.0. The van der Waals surface area contributed by atoms with Gasteiger partial charge in [0, 0.05) is 24.8 Å². The number of hydrogen-bond donors (Lipinski definition) is 2. The van der Waals surface area contributed by atoms with Crippen LogP contribution in [0.1, 0.15) is 12.0 Å². The van der Waals surface area contributed by atoms with E-state index in [1.54, 1.807) is 17.0 Å². The van der Waals surface area contributed by atoms with E-state index in [9.17, 15) is 9.59 Å². The predicted molar refractivity (Wildman–Crippen MR) is 93.0 cm³/mol. The van der Waals surface area contributed by atoms with Gasteiger partial charge >= 0.3 is 0 Å². The van der Waals surface area contributed by atoms with Gasteiger partial charge in [0.1, 0.15) is 0 Å². The van der Waals surface area contributed by atoms with Crippen LogP contribution >= 0.6 is 23.2 Å². The Balaban J connectivity index is 1.83. The number of anilines is 1. The molecule has 1 fully saturated rings. The van der Waals surface area contributed by atoms with E-state index in [-0.39, 0.29) is 24.4 Å². The average molecular weight is 356 g/mol. The van der Waals surface area contributed by atoms with Gasteiger partial charge in [0.2, 0.25) is 11.8 Å². The first-order valence-corrected chi connectivity index (χ1v) is 8.06. The summed E-state index contributed by atoms with van der Waals surface area (Å²) in [6, 6.07) is 3.43. The van der Waals surface area contributed by atoms with Crippen molar-refractivity contribution in [3.63, 3.8) is 0 Å². The van der Waals surface area contributed by atoms with Crippen molar-refractivity contribution in [2.45, 2.75) is 19.4 Å². The van der Waals surface area contributed by atoms with Gasteiger partial charge in [0.05, 0.1) is 16.6 Å². The number of nitrogens with one attached hydrogen (secondary N) is 2. The summed E-state index contributed by atoms with van der Waals surface area (Å²) in [7, 11) is 0. The van der Waals surface area contributed by atoms with Crippen molar-refractivity contribution in [2.24, 2.45) is 0 Å². The second-order valence-corrected chi connectivity index (χ2v) is 6.29. The number of hydrogen-bond acceptors (Lipinski definition) is 3.